The van der Waals surface area contributed by atoms with Crippen LogP contribution in [0.2, 0.25) is 5.02 Å². The molecule has 37 heavy (non-hydrogen) atoms. The van der Waals surface area contributed by atoms with Crippen molar-refractivity contribution in [2.24, 2.45) is 5.73 Å². The molecule has 1 atom stereocenters. The Bertz CT molecular complexity index is 1330. The molecule has 0 spiro atoms. The van der Waals surface area contributed by atoms with Crippen LogP contribution in [0.3, 0.4) is 0 Å². The number of amides is 2. The second-order valence-electron chi connectivity index (χ2n) is 8.47. The molecule has 0 aliphatic heterocycles. The topological polar surface area (TPSA) is 90.7 Å². The van der Waals surface area contributed by atoms with Crippen molar-refractivity contribution in [3.63, 3.8) is 0 Å². The molecule has 2 amide bonds. The van der Waals surface area contributed by atoms with Gasteiger partial charge in [-0.2, -0.15) is 0 Å². The summed E-state index contributed by atoms with van der Waals surface area (Å²) in [6.45, 7) is 0.218. The van der Waals surface area contributed by atoms with Crippen LogP contribution in [0, 0.1) is 0 Å². The predicted molar refractivity (Wildman–Crippen MR) is 144 cm³/mol. The van der Waals surface area contributed by atoms with E-state index in [-0.39, 0.29) is 13.0 Å². The first-order valence-electron chi connectivity index (χ1n) is 11.8. The molecule has 6 nitrogen and oxygen atoms in total. The Morgan fingerprint density at radius 3 is 2.11 bits per heavy atom. The van der Waals surface area contributed by atoms with E-state index < -0.39 is 17.9 Å². The predicted octanol–water partition coefficient (Wildman–Crippen LogP) is 5.18. The number of carbonyl (C=O) groups excluding carboxylic acids is 2. The molecule has 0 fully saturated rings. The fraction of sp³-hybridized carbons (Fsp3) is 0.133. The van der Waals surface area contributed by atoms with Crippen molar-refractivity contribution in [3.05, 3.63) is 119 Å². The zero-order valence-electron chi connectivity index (χ0n) is 20.1. The Kier molecular flexibility index (Phi) is 8.79. The van der Waals surface area contributed by atoms with Gasteiger partial charge in [-0.15, -0.1) is 0 Å². The third kappa shape index (κ3) is 7.85. The van der Waals surface area contributed by atoms with Gasteiger partial charge in [0.25, 0.3) is 5.91 Å². The average molecular weight is 515 g/mol. The van der Waals surface area contributed by atoms with E-state index in [0.29, 0.717) is 23.1 Å². The van der Waals surface area contributed by atoms with Crippen molar-refractivity contribution in [1.29, 1.82) is 0 Å². The normalized spacial score (nSPS) is 11.4. The number of ether oxygens (including phenoxy) is 2. The van der Waals surface area contributed by atoms with Gasteiger partial charge in [-0.3, -0.25) is 9.59 Å². The number of carbonyl (C=O) groups is 2. The number of nitrogens with two attached hydrogens (primary N) is 1. The summed E-state index contributed by atoms with van der Waals surface area (Å²) < 4.78 is 11.4. The number of rotatable bonds is 11. The fourth-order valence-electron chi connectivity index (χ4n) is 3.72. The molecule has 0 aromatic heterocycles. The van der Waals surface area contributed by atoms with E-state index in [4.69, 9.17) is 26.8 Å². The van der Waals surface area contributed by atoms with Crippen molar-refractivity contribution < 1.29 is 19.1 Å². The molecule has 188 valence electrons. The highest BCUT2D eigenvalue weighted by molar-refractivity contribution is 6.30. The molecular weight excluding hydrogens is 488 g/mol. The van der Waals surface area contributed by atoms with E-state index in [2.05, 4.69) is 5.32 Å². The quantitative estimate of drug-likeness (QED) is 0.288. The molecule has 7 heteroatoms. The fourth-order valence-corrected chi connectivity index (χ4v) is 3.91. The van der Waals surface area contributed by atoms with E-state index in [1.165, 1.54) is 0 Å². The molecule has 3 N–H and O–H groups in total. The lowest BCUT2D eigenvalue weighted by Gasteiger charge is -2.16. The molecule has 0 radical (unpaired) electrons. The van der Waals surface area contributed by atoms with Gasteiger partial charge in [-0.1, -0.05) is 78.3 Å². The maximum atomic E-state index is 12.4. The first-order chi connectivity index (χ1) is 18.0. The first-order valence-corrected chi connectivity index (χ1v) is 12.2. The molecule has 0 heterocycles. The van der Waals surface area contributed by atoms with Crippen molar-refractivity contribution in [2.45, 2.75) is 19.1 Å². The summed E-state index contributed by atoms with van der Waals surface area (Å²) in [7, 11) is 0. The van der Waals surface area contributed by atoms with E-state index in [1.807, 2.05) is 91.0 Å². The number of primary amides is 1. The van der Waals surface area contributed by atoms with Crippen LogP contribution in [0.25, 0.3) is 11.1 Å². The molecule has 0 aliphatic carbocycles. The average Bonchev–Trinajstić information content (AvgIpc) is 2.92. The third-order valence-electron chi connectivity index (χ3n) is 5.67. The van der Waals surface area contributed by atoms with Gasteiger partial charge in [0.1, 0.15) is 24.1 Å². The van der Waals surface area contributed by atoms with Crippen LogP contribution >= 0.6 is 11.6 Å². The third-order valence-corrected chi connectivity index (χ3v) is 5.91. The van der Waals surface area contributed by atoms with Gasteiger partial charge < -0.3 is 20.5 Å². The molecule has 0 saturated heterocycles. The Hall–Kier alpha value is -4.29. The van der Waals surface area contributed by atoms with E-state index in [0.717, 1.165) is 22.3 Å². The van der Waals surface area contributed by atoms with Crippen LogP contribution < -0.4 is 20.5 Å². The summed E-state index contributed by atoms with van der Waals surface area (Å²) in [6, 6.07) is 31.2. The maximum absolute atomic E-state index is 12.4. The number of nitrogens with one attached hydrogen (secondary N) is 1. The molecule has 0 aliphatic rings. The van der Waals surface area contributed by atoms with E-state index >= 15 is 0 Å². The Balaban J connectivity index is 1.26. The van der Waals surface area contributed by atoms with Crippen molar-refractivity contribution in [1.82, 2.24) is 5.32 Å². The van der Waals surface area contributed by atoms with E-state index in [9.17, 15) is 9.59 Å². The van der Waals surface area contributed by atoms with Gasteiger partial charge >= 0.3 is 0 Å². The zero-order valence-corrected chi connectivity index (χ0v) is 20.9. The summed E-state index contributed by atoms with van der Waals surface area (Å²) in [5.41, 5.74) is 9.41. The monoisotopic (exact) mass is 514 g/mol. The maximum Gasteiger partial charge on any atom is 0.258 e. The molecule has 0 bridgehead atoms. The highest BCUT2D eigenvalue weighted by Gasteiger charge is 2.19. The van der Waals surface area contributed by atoms with Crippen LogP contribution in [0.4, 0.5) is 0 Å². The number of hydrogen-bond donors (Lipinski definition) is 2. The van der Waals surface area contributed by atoms with Gasteiger partial charge in [0, 0.05) is 11.4 Å². The highest BCUT2D eigenvalue weighted by Crippen LogP contribution is 2.25. The summed E-state index contributed by atoms with van der Waals surface area (Å²) >= 11 is 6.06. The lowest BCUT2D eigenvalue weighted by Crippen LogP contribution is -2.47. The van der Waals surface area contributed by atoms with Gasteiger partial charge in [-0.25, -0.2) is 0 Å². The lowest BCUT2D eigenvalue weighted by atomic mass is 10.1. The van der Waals surface area contributed by atoms with Crippen LogP contribution in [0.5, 0.6) is 11.5 Å². The van der Waals surface area contributed by atoms with Crippen LogP contribution in [0.15, 0.2) is 103 Å². The van der Waals surface area contributed by atoms with Gasteiger partial charge in [0.05, 0.1) is 0 Å². The summed E-state index contributed by atoms with van der Waals surface area (Å²) in [4.78, 5) is 24.4. The summed E-state index contributed by atoms with van der Waals surface area (Å²) in [6.07, 6.45) is 0.258. The minimum atomic E-state index is -0.864. The van der Waals surface area contributed by atoms with Crippen molar-refractivity contribution in [3.8, 4) is 22.6 Å². The van der Waals surface area contributed by atoms with E-state index in [1.54, 1.807) is 12.1 Å². The Labute approximate surface area is 221 Å². The lowest BCUT2D eigenvalue weighted by molar-refractivity contribution is -0.128. The minimum absolute atomic E-state index is 0.243. The molecule has 0 saturated carbocycles. The summed E-state index contributed by atoms with van der Waals surface area (Å²) in [5.74, 6) is 0.179. The highest BCUT2D eigenvalue weighted by atomic mass is 35.5. The minimum Gasteiger partial charge on any atom is -0.489 e. The zero-order chi connectivity index (χ0) is 26.0. The Morgan fingerprint density at radius 1 is 0.757 bits per heavy atom. The largest absolute Gasteiger partial charge is 0.489 e. The molecule has 0 unspecified atom stereocenters. The van der Waals surface area contributed by atoms with Gasteiger partial charge in [0.2, 0.25) is 5.91 Å². The number of hydrogen-bond acceptors (Lipinski definition) is 4. The smallest absolute Gasteiger partial charge is 0.258 e. The first kappa shape index (κ1) is 25.8. The van der Waals surface area contributed by atoms with Gasteiger partial charge in [-0.05, 0) is 58.7 Å². The SMILES string of the molecule is NC(=O)[C@H](Cc1ccc(OCc2ccccc2)cc1)NC(=O)COc1ccc(-c2cccc(Cl)c2)cc1. The number of halogens is 1. The van der Waals surface area contributed by atoms with Crippen molar-refractivity contribution in [2.75, 3.05) is 6.61 Å². The van der Waals surface area contributed by atoms with Crippen LogP contribution in [-0.4, -0.2) is 24.5 Å². The second-order valence-corrected chi connectivity index (χ2v) is 8.90. The number of benzene rings is 4. The molecule has 4 aromatic carbocycles. The second kappa shape index (κ2) is 12.6. The van der Waals surface area contributed by atoms with Crippen LogP contribution in [0.1, 0.15) is 11.1 Å². The van der Waals surface area contributed by atoms with Crippen molar-refractivity contribution >= 4 is 23.4 Å². The van der Waals surface area contributed by atoms with Crippen LogP contribution in [-0.2, 0) is 22.6 Å². The van der Waals surface area contributed by atoms with Gasteiger partial charge in [0.15, 0.2) is 6.61 Å². The Morgan fingerprint density at radius 2 is 1.43 bits per heavy atom. The molecule has 4 rings (SSSR count). The molecular formula is C30H27ClN2O4. The standard InChI is InChI=1S/C30H27ClN2O4/c31-25-8-4-7-24(18-25)23-11-15-27(16-12-23)37-20-29(34)33-28(30(32)35)17-21-9-13-26(14-10-21)36-19-22-5-2-1-3-6-22/h1-16,18,28H,17,19-20H2,(H2,32,35)(H,33,34)/t28-/m0/s1. The molecule has 4 aromatic rings. The summed E-state index contributed by atoms with van der Waals surface area (Å²) in [5, 5.41) is 3.31.